The first-order valence-corrected chi connectivity index (χ1v) is 9.20. The number of carbonyl (C=O) groups excluding carboxylic acids is 1. The molecule has 3 heterocycles. The van der Waals surface area contributed by atoms with Crippen LogP contribution in [0.1, 0.15) is 21.5 Å². The van der Waals surface area contributed by atoms with Crippen LogP contribution < -0.4 is 5.32 Å². The van der Waals surface area contributed by atoms with Crippen LogP contribution >= 0.6 is 0 Å². The van der Waals surface area contributed by atoms with Crippen LogP contribution in [0.5, 0.6) is 0 Å². The number of pyridine rings is 1. The molecular formula is C21H17F3N6O. The van der Waals surface area contributed by atoms with Crippen LogP contribution in [0.3, 0.4) is 0 Å². The van der Waals surface area contributed by atoms with Crippen molar-refractivity contribution in [1.29, 1.82) is 0 Å². The van der Waals surface area contributed by atoms with Crippen LogP contribution in [-0.2, 0) is 13.2 Å². The Kier molecular flexibility index (Phi) is 5.05. The van der Waals surface area contributed by atoms with Crippen molar-refractivity contribution in [3.63, 3.8) is 0 Å². The summed E-state index contributed by atoms with van der Waals surface area (Å²) < 4.78 is 43.5. The zero-order valence-electron chi connectivity index (χ0n) is 16.6. The van der Waals surface area contributed by atoms with Crippen molar-refractivity contribution < 1.29 is 18.0 Å². The number of hydrogen-bond donors (Lipinski definition) is 1. The number of anilines is 1. The van der Waals surface area contributed by atoms with E-state index in [4.69, 9.17) is 0 Å². The second-order valence-corrected chi connectivity index (χ2v) is 6.94. The molecule has 158 valence electrons. The molecule has 31 heavy (non-hydrogen) atoms. The molecule has 7 nitrogen and oxygen atoms in total. The second-order valence-electron chi connectivity index (χ2n) is 6.94. The van der Waals surface area contributed by atoms with Crippen molar-refractivity contribution in [2.24, 2.45) is 7.05 Å². The number of benzene rings is 1. The smallest absolute Gasteiger partial charge is 0.319 e. The van der Waals surface area contributed by atoms with E-state index in [2.05, 4.69) is 20.5 Å². The number of hydrogen-bond acceptors (Lipinski definition) is 4. The number of aromatic nitrogens is 5. The molecule has 10 heteroatoms. The Hall–Kier alpha value is -3.95. The maximum absolute atomic E-state index is 13.5. The Bertz CT molecular complexity index is 1260. The summed E-state index contributed by atoms with van der Waals surface area (Å²) in [6, 6.07) is 6.35. The largest absolute Gasteiger partial charge is 0.417 e. The lowest BCUT2D eigenvalue weighted by Gasteiger charge is -2.14. The van der Waals surface area contributed by atoms with Gasteiger partial charge in [-0.2, -0.15) is 23.4 Å². The fourth-order valence-electron chi connectivity index (χ4n) is 3.13. The van der Waals surface area contributed by atoms with E-state index in [1.807, 2.05) is 6.92 Å². The van der Waals surface area contributed by atoms with Gasteiger partial charge in [-0.25, -0.2) is 4.68 Å². The lowest BCUT2D eigenvalue weighted by Crippen LogP contribution is -2.16. The molecule has 0 aliphatic heterocycles. The summed E-state index contributed by atoms with van der Waals surface area (Å²) in [6.07, 6.45) is 3.41. The van der Waals surface area contributed by atoms with E-state index in [1.54, 1.807) is 36.4 Å². The van der Waals surface area contributed by atoms with Gasteiger partial charge in [-0.05, 0) is 42.8 Å². The molecule has 0 spiro atoms. The van der Waals surface area contributed by atoms with Crippen LogP contribution in [0.2, 0.25) is 0 Å². The minimum Gasteiger partial charge on any atom is -0.319 e. The Morgan fingerprint density at radius 2 is 1.94 bits per heavy atom. The number of alkyl halides is 3. The van der Waals surface area contributed by atoms with E-state index in [0.29, 0.717) is 11.4 Å². The van der Waals surface area contributed by atoms with Gasteiger partial charge in [0.05, 0.1) is 35.0 Å². The van der Waals surface area contributed by atoms with Crippen molar-refractivity contribution in [3.05, 3.63) is 78.0 Å². The monoisotopic (exact) mass is 426 g/mol. The van der Waals surface area contributed by atoms with E-state index < -0.39 is 17.6 Å². The molecule has 1 aromatic carbocycles. The zero-order valence-corrected chi connectivity index (χ0v) is 16.6. The first-order chi connectivity index (χ1) is 14.7. The predicted octanol–water partition coefficient (Wildman–Crippen LogP) is 4.25. The normalized spacial score (nSPS) is 11.5. The summed E-state index contributed by atoms with van der Waals surface area (Å²) in [7, 11) is 1.61. The Morgan fingerprint density at radius 1 is 1.13 bits per heavy atom. The second kappa shape index (κ2) is 7.71. The van der Waals surface area contributed by atoms with Gasteiger partial charge in [0, 0.05) is 36.8 Å². The number of amides is 1. The van der Waals surface area contributed by atoms with Crippen molar-refractivity contribution >= 4 is 11.6 Å². The number of nitrogens with one attached hydrogen (secondary N) is 1. The van der Waals surface area contributed by atoms with E-state index in [0.717, 1.165) is 17.7 Å². The Labute approximate surface area is 175 Å². The average molecular weight is 426 g/mol. The number of aryl methyl sites for hydroxylation is 2. The van der Waals surface area contributed by atoms with E-state index >= 15 is 0 Å². The first-order valence-electron chi connectivity index (χ1n) is 9.20. The molecule has 4 aromatic rings. The van der Waals surface area contributed by atoms with Gasteiger partial charge in [0.1, 0.15) is 0 Å². The molecule has 0 unspecified atom stereocenters. The Balaban J connectivity index is 1.71. The highest BCUT2D eigenvalue weighted by Crippen LogP contribution is 2.37. The highest BCUT2D eigenvalue weighted by Gasteiger charge is 2.34. The zero-order chi connectivity index (χ0) is 22.2. The molecule has 4 rings (SSSR count). The van der Waals surface area contributed by atoms with Crippen molar-refractivity contribution in [2.75, 3.05) is 5.32 Å². The van der Waals surface area contributed by atoms with Crippen LogP contribution in [0.4, 0.5) is 18.9 Å². The predicted molar refractivity (Wildman–Crippen MR) is 108 cm³/mol. The van der Waals surface area contributed by atoms with Gasteiger partial charge in [-0.3, -0.25) is 14.5 Å². The maximum Gasteiger partial charge on any atom is 0.417 e. The summed E-state index contributed by atoms with van der Waals surface area (Å²) in [6.45, 7) is 1.88. The Morgan fingerprint density at radius 3 is 2.58 bits per heavy atom. The number of carbonyl (C=O) groups is 1. The fraction of sp³-hybridized carbons (Fsp3) is 0.143. The highest BCUT2D eigenvalue weighted by atomic mass is 19.4. The van der Waals surface area contributed by atoms with E-state index in [-0.39, 0.29) is 16.8 Å². The lowest BCUT2D eigenvalue weighted by atomic mass is 10.0. The van der Waals surface area contributed by atoms with Gasteiger partial charge in [0.15, 0.2) is 0 Å². The van der Waals surface area contributed by atoms with Crippen LogP contribution in [0.15, 0.2) is 61.3 Å². The van der Waals surface area contributed by atoms with Crippen LogP contribution in [-0.4, -0.2) is 30.5 Å². The minimum atomic E-state index is -4.59. The fourth-order valence-corrected chi connectivity index (χ4v) is 3.13. The average Bonchev–Trinajstić information content (AvgIpc) is 3.35. The molecule has 1 amide bonds. The molecule has 0 fully saturated rings. The third-order valence-corrected chi connectivity index (χ3v) is 4.58. The highest BCUT2D eigenvalue weighted by molar-refractivity contribution is 6.06. The summed E-state index contributed by atoms with van der Waals surface area (Å²) in [4.78, 5) is 16.9. The van der Waals surface area contributed by atoms with E-state index in [9.17, 15) is 18.0 Å². The molecular weight excluding hydrogens is 409 g/mol. The van der Waals surface area contributed by atoms with Gasteiger partial charge in [-0.1, -0.05) is 0 Å². The SMILES string of the molecule is Cc1cnn(-c2ccncc2NC(=O)c2ccc(C(F)(F)F)c(-c3ccn(C)n3)c2)c1. The number of halogens is 3. The molecule has 0 radical (unpaired) electrons. The maximum atomic E-state index is 13.5. The third kappa shape index (κ3) is 4.18. The van der Waals surface area contributed by atoms with Gasteiger partial charge in [-0.15, -0.1) is 0 Å². The van der Waals surface area contributed by atoms with Crippen LogP contribution in [0, 0.1) is 6.92 Å². The molecule has 0 bridgehead atoms. The molecule has 0 aliphatic rings. The van der Waals surface area contributed by atoms with Gasteiger partial charge in [0.25, 0.3) is 5.91 Å². The van der Waals surface area contributed by atoms with Crippen molar-refractivity contribution in [3.8, 4) is 16.9 Å². The first kappa shape index (κ1) is 20.3. The molecule has 1 N–H and O–H groups in total. The summed E-state index contributed by atoms with van der Waals surface area (Å²) in [5.41, 5.74) is 1.02. The lowest BCUT2D eigenvalue weighted by molar-refractivity contribution is -0.137. The quantitative estimate of drug-likeness (QED) is 0.529. The molecule has 3 aromatic heterocycles. The number of rotatable bonds is 4. The number of nitrogens with zero attached hydrogens (tertiary/aromatic N) is 5. The molecule has 0 atom stereocenters. The topological polar surface area (TPSA) is 77.6 Å². The summed E-state index contributed by atoms with van der Waals surface area (Å²) in [5.74, 6) is -0.580. The van der Waals surface area contributed by atoms with Crippen molar-refractivity contribution in [2.45, 2.75) is 13.1 Å². The van der Waals surface area contributed by atoms with E-state index in [1.165, 1.54) is 29.2 Å². The van der Waals surface area contributed by atoms with Crippen molar-refractivity contribution in [1.82, 2.24) is 24.5 Å². The van der Waals surface area contributed by atoms with Gasteiger partial charge in [0.2, 0.25) is 0 Å². The minimum absolute atomic E-state index is 0.0556. The van der Waals surface area contributed by atoms with Gasteiger partial charge >= 0.3 is 6.18 Å². The standard InChI is InChI=1S/C21H17F3N6O/c1-13-10-26-30(12-13)19-5-7-25-11-18(19)27-20(31)14-3-4-16(21(22,23)24)15(9-14)17-6-8-29(2)28-17/h3-12H,1-2H3,(H,27,31). The van der Waals surface area contributed by atoms with Crippen LogP contribution in [0.25, 0.3) is 16.9 Å². The molecule has 0 saturated carbocycles. The third-order valence-electron chi connectivity index (χ3n) is 4.58. The molecule has 0 aliphatic carbocycles. The van der Waals surface area contributed by atoms with Gasteiger partial charge < -0.3 is 5.32 Å². The summed E-state index contributed by atoms with van der Waals surface area (Å²) in [5, 5.41) is 11.0. The molecule has 0 saturated heterocycles. The summed E-state index contributed by atoms with van der Waals surface area (Å²) >= 11 is 0.